The largest absolute Gasteiger partial charge is 0.467 e. The first kappa shape index (κ1) is 16.4. The summed E-state index contributed by atoms with van der Waals surface area (Å²) in [6.07, 6.45) is 1.63. The lowest BCUT2D eigenvalue weighted by atomic mass is 10.2. The maximum absolute atomic E-state index is 13.3. The molecule has 2 aromatic carbocycles. The van der Waals surface area contributed by atoms with Gasteiger partial charge in [-0.25, -0.2) is 9.37 Å². The van der Waals surface area contributed by atoms with E-state index in [4.69, 9.17) is 16.0 Å². The average molecular weight is 369 g/mol. The molecule has 2 aromatic heterocycles. The van der Waals surface area contributed by atoms with Crippen molar-refractivity contribution >= 4 is 40.0 Å². The van der Waals surface area contributed by atoms with Gasteiger partial charge in [0, 0.05) is 11.1 Å². The van der Waals surface area contributed by atoms with Gasteiger partial charge < -0.3 is 15.1 Å². The van der Waals surface area contributed by atoms with Gasteiger partial charge in [0.15, 0.2) is 0 Å². The molecule has 0 amide bonds. The fraction of sp³-hybridized carbons (Fsp3) is 0.0526. The van der Waals surface area contributed by atoms with E-state index in [1.165, 1.54) is 12.1 Å². The van der Waals surface area contributed by atoms with Crippen LogP contribution in [0.3, 0.4) is 0 Å². The second kappa shape index (κ2) is 7.01. The first-order chi connectivity index (χ1) is 12.7. The van der Waals surface area contributed by atoms with Gasteiger partial charge in [-0.2, -0.15) is 4.98 Å². The fourth-order valence-electron chi connectivity index (χ4n) is 2.55. The highest BCUT2D eigenvalue weighted by atomic mass is 35.5. The minimum atomic E-state index is -0.475. The Morgan fingerprint density at radius 1 is 1.04 bits per heavy atom. The summed E-state index contributed by atoms with van der Waals surface area (Å²) in [4.78, 5) is 9.04. The molecule has 0 bridgehead atoms. The predicted molar refractivity (Wildman–Crippen MR) is 100 cm³/mol. The minimum Gasteiger partial charge on any atom is -0.467 e. The Balaban J connectivity index is 1.67. The van der Waals surface area contributed by atoms with E-state index in [1.807, 2.05) is 36.4 Å². The van der Waals surface area contributed by atoms with Gasteiger partial charge in [0.05, 0.1) is 23.3 Å². The number of nitrogens with zero attached hydrogens (tertiary/aromatic N) is 2. The van der Waals surface area contributed by atoms with E-state index in [2.05, 4.69) is 20.6 Å². The summed E-state index contributed by atoms with van der Waals surface area (Å²) in [5, 5.41) is 7.25. The van der Waals surface area contributed by atoms with Crippen molar-refractivity contribution in [1.82, 2.24) is 9.97 Å². The first-order valence-corrected chi connectivity index (χ1v) is 8.32. The molecule has 0 unspecified atom stereocenters. The summed E-state index contributed by atoms with van der Waals surface area (Å²) in [7, 11) is 0. The third-order valence-electron chi connectivity index (χ3n) is 3.79. The molecule has 0 aliphatic heterocycles. The van der Waals surface area contributed by atoms with E-state index in [-0.39, 0.29) is 5.02 Å². The zero-order valence-electron chi connectivity index (χ0n) is 13.5. The minimum absolute atomic E-state index is 0.0342. The Hall–Kier alpha value is -3.12. The van der Waals surface area contributed by atoms with E-state index >= 15 is 0 Å². The van der Waals surface area contributed by atoms with Crippen LogP contribution in [0.15, 0.2) is 65.3 Å². The third-order valence-corrected chi connectivity index (χ3v) is 4.08. The zero-order valence-corrected chi connectivity index (χ0v) is 14.3. The van der Waals surface area contributed by atoms with E-state index in [1.54, 1.807) is 12.3 Å². The summed E-state index contributed by atoms with van der Waals surface area (Å²) >= 11 is 5.83. The molecule has 0 atom stereocenters. The Morgan fingerprint density at radius 2 is 1.92 bits per heavy atom. The molecule has 2 N–H and O–H groups in total. The van der Waals surface area contributed by atoms with Crippen molar-refractivity contribution in [2.24, 2.45) is 0 Å². The fourth-order valence-corrected chi connectivity index (χ4v) is 2.73. The Kier molecular flexibility index (Phi) is 4.41. The maximum Gasteiger partial charge on any atom is 0.229 e. The molecular formula is C19H14ClFN4O. The number of anilines is 3. The number of halogens is 2. The molecule has 5 nitrogen and oxygen atoms in total. The Bertz CT molecular complexity index is 1050. The van der Waals surface area contributed by atoms with E-state index in [0.29, 0.717) is 24.0 Å². The van der Waals surface area contributed by atoms with Gasteiger partial charge in [0.25, 0.3) is 0 Å². The van der Waals surface area contributed by atoms with Crippen LogP contribution in [0.25, 0.3) is 10.9 Å². The molecule has 0 spiro atoms. The lowest BCUT2D eigenvalue weighted by Crippen LogP contribution is -2.05. The average Bonchev–Trinajstić information content (AvgIpc) is 3.16. The number of nitrogens with one attached hydrogen (secondary N) is 2. The monoisotopic (exact) mass is 368 g/mol. The van der Waals surface area contributed by atoms with Crippen molar-refractivity contribution in [2.75, 3.05) is 10.6 Å². The van der Waals surface area contributed by atoms with Crippen molar-refractivity contribution in [3.8, 4) is 0 Å². The van der Waals surface area contributed by atoms with Gasteiger partial charge in [0.1, 0.15) is 17.4 Å². The predicted octanol–water partition coefficient (Wildman–Crippen LogP) is 5.37. The number of hydrogen-bond acceptors (Lipinski definition) is 5. The zero-order chi connectivity index (χ0) is 17.9. The molecular weight excluding hydrogens is 355 g/mol. The molecule has 0 saturated carbocycles. The van der Waals surface area contributed by atoms with Crippen LogP contribution in [-0.4, -0.2) is 9.97 Å². The number of fused-ring (bicyclic) bond motifs is 1. The second-order valence-electron chi connectivity index (χ2n) is 5.60. The van der Waals surface area contributed by atoms with Crippen LogP contribution in [0.4, 0.5) is 21.8 Å². The molecule has 4 aromatic rings. The lowest BCUT2D eigenvalue weighted by molar-refractivity contribution is 0.518. The van der Waals surface area contributed by atoms with Gasteiger partial charge in [-0.05, 0) is 42.5 Å². The highest BCUT2D eigenvalue weighted by Gasteiger charge is 2.09. The SMILES string of the molecule is Fc1ccc(Nc2nc(NCc3ccco3)c3ccccc3n2)cc1Cl. The van der Waals surface area contributed by atoms with Crippen LogP contribution in [0.5, 0.6) is 0 Å². The molecule has 26 heavy (non-hydrogen) atoms. The number of hydrogen-bond donors (Lipinski definition) is 2. The summed E-state index contributed by atoms with van der Waals surface area (Å²) in [6, 6.07) is 15.8. The van der Waals surface area contributed by atoms with Crippen molar-refractivity contribution < 1.29 is 8.81 Å². The number of furan rings is 1. The van der Waals surface area contributed by atoms with Gasteiger partial charge in [-0.1, -0.05) is 23.7 Å². The highest BCUT2D eigenvalue weighted by molar-refractivity contribution is 6.31. The summed E-state index contributed by atoms with van der Waals surface area (Å²) in [5.74, 6) is 1.38. The Labute approximate surface area is 153 Å². The molecule has 0 saturated heterocycles. The number of rotatable bonds is 5. The third kappa shape index (κ3) is 3.45. The lowest BCUT2D eigenvalue weighted by Gasteiger charge is -2.11. The van der Waals surface area contributed by atoms with Crippen LogP contribution < -0.4 is 10.6 Å². The van der Waals surface area contributed by atoms with E-state index < -0.39 is 5.82 Å². The van der Waals surface area contributed by atoms with Crippen molar-refractivity contribution in [3.05, 3.63) is 77.5 Å². The van der Waals surface area contributed by atoms with Crippen LogP contribution >= 0.6 is 11.6 Å². The topological polar surface area (TPSA) is 63.0 Å². The quantitative estimate of drug-likeness (QED) is 0.495. The first-order valence-electron chi connectivity index (χ1n) is 7.94. The summed E-state index contributed by atoms with van der Waals surface area (Å²) in [5.41, 5.74) is 1.38. The van der Waals surface area contributed by atoms with Gasteiger partial charge >= 0.3 is 0 Å². The normalized spacial score (nSPS) is 10.8. The van der Waals surface area contributed by atoms with Gasteiger partial charge in [-0.3, -0.25) is 0 Å². The Morgan fingerprint density at radius 3 is 2.73 bits per heavy atom. The summed E-state index contributed by atoms with van der Waals surface area (Å²) in [6.45, 7) is 0.496. The van der Waals surface area contributed by atoms with Crippen molar-refractivity contribution in [1.29, 1.82) is 0 Å². The maximum atomic E-state index is 13.3. The molecule has 0 radical (unpaired) electrons. The number of para-hydroxylation sites is 1. The molecule has 7 heteroatoms. The molecule has 0 aliphatic rings. The molecule has 0 aliphatic carbocycles. The standard InChI is InChI=1S/C19H14ClFN4O/c20-15-10-12(7-8-16(15)21)23-19-24-17-6-2-1-5-14(17)18(25-19)22-11-13-4-3-9-26-13/h1-10H,11H2,(H2,22,23,24,25). The molecule has 0 fully saturated rings. The summed E-state index contributed by atoms with van der Waals surface area (Å²) < 4.78 is 18.7. The van der Waals surface area contributed by atoms with Gasteiger partial charge in [-0.15, -0.1) is 0 Å². The molecule has 4 rings (SSSR count). The molecule has 2 heterocycles. The van der Waals surface area contributed by atoms with Crippen LogP contribution in [-0.2, 0) is 6.54 Å². The second-order valence-corrected chi connectivity index (χ2v) is 6.01. The number of benzene rings is 2. The van der Waals surface area contributed by atoms with Crippen LogP contribution in [0, 0.1) is 5.82 Å². The van der Waals surface area contributed by atoms with Crippen molar-refractivity contribution in [3.63, 3.8) is 0 Å². The highest BCUT2D eigenvalue weighted by Crippen LogP contribution is 2.26. The van der Waals surface area contributed by atoms with E-state index in [0.717, 1.165) is 16.7 Å². The van der Waals surface area contributed by atoms with Crippen LogP contribution in [0.2, 0.25) is 5.02 Å². The smallest absolute Gasteiger partial charge is 0.229 e. The van der Waals surface area contributed by atoms with Crippen LogP contribution in [0.1, 0.15) is 5.76 Å². The van der Waals surface area contributed by atoms with Gasteiger partial charge in [0.2, 0.25) is 5.95 Å². The number of aromatic nitrogens is 2. The van der Waals surface area contributed by atoms with E-state index in [9.17, 15) is 4.39 Å². The molecule has 130 valence electrons. The van der Waals surface area contributed by atoms with Crippen molar-refractivity contribution in [2.45, 2.75) is 6.54 Å².